The van der Waals surface area contributed by atoms with Gasteiger partial charge in [0.2, 0.25) is 0 Å². The van der Waals surface area contributed by atoms with Crippen LogP contribution in [-0.2, 0) is 14.3 Å². The summed E-state index contributed by atoms with van der Waals surface area (Å²) < 4.78 is 4.86. The van der Waals surface area contributed by atoms with E-state index in [2.05, 4.69) is 5.32 Å². The molecule has 6 nitrogen and oxygen atoms in total. The minimum atomic E-state index is -0.656. The van der Waals surface area contributed by atoms with Gasteiger partial charge in [0.1, 0.15) is 0 Å². The second-order valence-electron chi connectivity index (χ2n) is 5.36. The molecule has 0 aliphatic carbocycles. The van der Waals surface area contributed by atoms with Crippen molar-refractivity contribution >= 4 is 29.4 Å². The minimum Gasteiger partial charge on any atom is -0.452 e. The lowest BCUT2D eigenvalue weighted by Gasteiger charge is -2.06. The minimum absolute atomic E-state index is 0.0640. The maximum Gasteiger partial charge on any atom is 0.331 e. The zero-order valence-electron chi connectivity index (χ0n) is 14.1. The van der Waals surface area contributed by atoms with Crippen LogP contribution in [0.2, 0.25) is 0 Å². The molecule has 0 spiro atoms. The number of nitrogens with zero attached hydrogens (tertiary/aromatic N) is 1. The van der Waals surface area contributed by atoms with Crippen molar-refractivity contribution in [1.29, 1.82) is 5.26 Å². The van der Waals surface area contributed by atoms with Gasteiger partial charge in [0.25, 0.3) is 5.91 Å². The summed E-state index contributed by atoms with van der Waals surface area (Å²) in [6.45, 7) is 1.03. The molecule has 0 unspecified atom stereocenters. The normalized spacial score (nSPS) is 10.2. The molecule has 2 rings (SSSR count). The molecule has 0 bridgehead atoms. The Labute approximate surface area is 150 Å². The number of carbonyl (C=O) groups is 3. The molecular weight excluding hydrogens is 332 g/mol. The van der Waals surface area contributed by atoms with E-state index in [1.807, 2.05) is 6.07 Å². The highest BCUT2D eigenvalue weighted by Gasteiger charge is 2.06. The molecule has 0 atom stereocenters. The molecule has 2 aromatic rings. The summed E-state index contributed by atoms with van der Waals surface area (Å²) in [6, 6.07) is 15.1. The van der Waals surface area contributed by atoms with E-state index >= 15 is 0 Å². The van der Waals surface area contributed by atoms with E-state index < -0.39 is 18.5 Å². The van der Waals surface area contributed by atoms with E-state index in [0.29, 0.717) is 16.8 Å². The van der Waals surface area contributed by atoms with E-state index in [9.17, 15) is 14.4 Å². The highest BCUT2D eigenvalue weighted by atomic mass is 16.5. The Bertz CT molecular complexity index is 876. The third-order valence-electron chi connectivity index (χ3n) is 3.37. The molecule has 0 saturated carbocycles. The van der Waals surface area contributed by atoms with Gasteiger partial charge in [-0.25, -0.2) is 4.79 Å². The van der Waals surface area contributed by atoms with Crippen LogP contribution in [0.5, 0.6) is 0 Å². The van der Waals surface area contributed by atoms with Gasteiger partial charge in [0, 0.05) is 17.3 Å². The third-order valence-corrected chi connectivity index (χ3v) is 3.37. The summed E-state index contributed by atoms with van der Waals surface area (Å²) in [5.74, 6) is -1.21. The number of anilines is 1. The Kier molecular flexibility index (Phi) is 6.40. The first kappa shape index (κ1) is 18.6. The molecule has 1 N–H and O–H groups in total. The van der Waals surface area contributed by atoms with E-state index in [1.54, 1.807) is 48.5 Å². The van der Waals surface area contributed by atoms with Crippen LogP contribution in [0.25, 0.3) is 6.08 Å². The van der Waals surface area contributed by atoms with Crippen molar-refractivity contribution in [2.24, 2.45) is 0 Å². The predicted molar refractivity (Wildman–Crippen MR) is 96.2 cm³/mol. The lowest BCUT2D eigenvalue weighted by molar-refractivity contribution is -0.142. The quantitative estimate of drug-likeness (QED) is 0.492. The summed E-state index contributed by atoms with van der Waals surface area (Å²) in [5, 5.41) is 11.3. The van der Waals surface area contributed by atoms with Crippen molar-refractivity contribution in [3.63, 3.8) is 0 Å². The van der Waals surface area contributed by atoms with Crippen molar-refractivity contribution in [3.05, 3.63) is 71.3 Å². The Morgan fingerprint density at radius 3 is 2.31 bits per heavy atom. The second-order valence-corrected chi connectivity index (χ2v) is 5.36. The molecule has 0 saturated heterocycles. The SMILES string of the molecule is CC(=O)c1ccc(NC(=O)COC(=O)/C=C/c2ccc(C#N)cc2)cc1. The van der Waals surface area contributed by atoms with Crippen LogP contribution in [-0.4, -0.2) is 24.3 Å². The van der Waals surface area contributed by atoms with Crippen LogP contribution in [0.15, 0.2) is 54.6 Å². The standard InChI is InChI=1S/C20H16N2O4/c1-14(23)17-7-9-18(10-8-17)22-19(24)13-26-20(25)11-6-15-2-4-16(12-21)5-3-15/h2-11H,13H2,1H3,(H,22,24)/b11-6+. The fraction of sp³-hybridized carbons (Fsp3) is 0.100. The van der Waals surface area contributed by atoms with Crippen molar-refractivity contribution in [3.8, 4) is 6.07 Å². The number of Topliss-reactive ketones (excluding diaryl/α,β-unsaturated/α-hetero) is 1. The predicted octanol–water partition coefficient (Wildman–Crippen LogP) is 2.96. The van der Waals surface area contributed by atoms with Gasteiger partial charge in [-0.2, -0.15) is 5.26 Å². The Hall–Kier alpha value is -3.72. The van der Waals surface area contributed by atoms with Gasteiger partial charge < -0.3 is 10.1 Å². The van der Waals surface area contributed by atoms with Gasteiger partial charge in [-0.1, -0.05) is 12.1 Å². The van der Waals surface area contributed by atoms with E-state index in [1.165, 1.54) is 19.1 Å². The number of carbonyl (C=O) groups excluding carboxylic acids is 3. The van der Waals surface area contributed by atoms with Crippen LogP contribution >= 0.6 is 0 Å². The Morgan fingerprint density at radius 2 is 1.73 bits per heavy atom. The van der Waals surface area contributed by atoms with Crippen molar-refractivity contribution in [2.75, 3.05) is 11.9 Å². The van der Waals surface area contributed by atoms with Crippen LogP contribution in [0, 0.1) is 11.3 Å². The molecule has 0 aromatic heterocycles. The van der Waals surface area contributed by atoms with Gasteiger partial charge in [0.05, 0.1) is 11.6 Å². The van der Waals surface area contributed by atoms with Crippen molar-refractivity contribution < 1.29 is 19.1 Å². The third kappa shape index (κ3) is 5.73. The molecule has 0 aliphatic rings. The molecule has 130 valence electrons. The van der Waals surface area contributed by atoms with Crippen molar-refractivity contribution in [2.45, 2.75) is 6.92 Å². The van der Waals surface area contributed by atoms with Gasteiger partial charge in [-0.15, -0.1) is 0 Å². The molecule has 0 fully saturated rings. The number of nitriles is 1. The Morgan fingerprint density at radius 1 is 1.08 bits per heavy atom. The van der Waals surface area contributed by atoms with Crippen LogP contribution in [0.1, 0.15) is 28.4 Å². The lowest BCUT2D eigenvalue weighted by atomic mass is 10.1. The van der Waals surface area contributed by atoms with Crippen LogP contribution in [0.3, 0.4) is 0 Å². The highest BCUT2D eigenvalue weighted by molar-refractivity contribution is 5.96. The van der Waals surface area contributed by atoms with Gasteiger partial charge >= 0.3 is 5.97 Å². The van der Waals surface area contributed by atoms with Crippen LogP contribution < -0.4 is 5.32 Å². The summed E-state index contributed by atoms with van der Waals surface area (Å²) in [7, 11) is 0. The van der Waals surface area contributed by atoms with Gasteiger partial charge in [-0.05, 0) is 55.0 Å². The summed E-state index contributed by atoms with van der Waals surface area (Å²) >= 11 is 0. The summed E-state index contributed by atoms with van der Waals surface area (Å²) in [4.78, 5) is 34.6. The van der Waals surface area contributed by atoms with Crippen molar-refractivity contribution in [1.82, 2.24) is 0 Å². The smallest absolute Gasteiger partial charge is 0.331 e. The maximum absolute atomic E-state index is 11.8. The number of ketones is 1. The van der Waals surface area contributed by atoms with E-state index in [-0.39, 0.29) is 5.78 Å². The number of esters is 1. The monoisotopic (exact) mass is 348 g/mol. The molecule has 0 aliphatic heterocycles. The molecule has 0 heterocycles. The molecule has 1 amide bonds. The highest BCUT2D eigenvalue weighted by Crippen LogP contribution is 2.10. The molecule has 26 heavy (non-hydrogen) atoms. The fourth-order valence-corrected chi connectivity index (χ4v) is 2.00. The number of nitrogens with one attached hydrogen (secondary N) is 1. The second kappa shape index (κ2) is 8.94. The van der Waals surface area contributed by atoms with E-state index in [0.717, 1.165) is 5.56 Å². The first-order valence-electron chi connectivity index (χ1n) is 7.74. The number of hydrogen-bond acceptors (Lipinski definition) is 5. The molecule has 0 radical (unpaired) electrons. The van der Waals surface area contributed by atoms with E-state index in [4.69, 9.17) is 10.00 Å². The number of rotatable bonds is 6. The zero-order valence-corrected chi connectivity index (χ0v) is 14.1. The first-order valence-corrected chi connectivity index (χ1v) is 7.74. The molecule has 2 aromatic carbocycles. The van der Waals surface area contributed by atoms with Gasteiger partial charge in [-0.3, -0.25) is 9.59 Å². The number of ether oxygens (including phenoxy) is 1. The average Bonchev–Trinajstić information content (AvgIpc) is 2.65. The topological polar surface area (TPSA) is 96.3 Å². The summed E-state index contributed by atoms with van der Waals surface area (Å²) in [5.41, 5.74) is 2.31. The molecule has 6 heteroatoms. The lowest BCUT2D eigenvalue weighted by Crippen LogP contribution is -2.20. The summed E-state index contributed by atoms with van der Waals surface area (Å²) in [6.07, 6.45) is 2.73. The van der Waals surface area contributed by atoms with Gasteiger partial charge in [0.15, 0.2) is 12.4 Å². The first-order chi connectivity index (χ1) is 12.5. The Balaban J connectivity index is 1.80. The largest absolute Gasteiger partial charge is 0.452 e. The maximum atomic E-state index is 11.8. The number of hydrogen-bond donors (Lipinski definition) is 1. The number of amides is 1. The zero-order chi connectivity index (χ0) is 18.9. The molecular formula is C20H16N2O4. The number of benzene rings is 2. The fourth-order valence-electron chi connectivity index (χ4n) is 2.00. The van der Waals surface area contributed by atoms with Crippen LogP contribution in [0.4, 0.5) is 5.69 Å². The average molecular weight is 348 g/mol.